The van der Waals surface area contributed by atoms with Gasteiger partial charge in [0.05, 0.1) is 12.7 Å². The van der Waals surface area contributed by atoms with Crippen LogP contribution in [0, 0.1) is 0 Å². The molecule has 7 heteroatoms. The Labute approximate surface area is 91.5 Å². The maximum absolute atomic E-state index is 4.30. The zero-order chi connectivity index (χ0) is 10.5. The zero-order valence-corrected chi connectivity index (χ0v) is 9.24. The Morgan fingerprint density at radius 3 is 3.13 bits per heavy atom. The number of aryl methyl sites for hydroxylation is 1. The second-order valence-corrected chi connectivity index (χ2v) is 3.71. The van der Waals surface area contributed by atoms with E-state index < -0.39 is 0 Å². The fourth-order valence-electron chi connectivity index (χ4n) is 1.10. The molecule has 0 amide bonds. The van der Waals surface area contributed by atoms with Gasteiger partial charge in [-0.15, -0.1) is 5.10 Å². The molecule has 15 heavy (non-hydrogen) atoms. The highest BCUT2D eigenvalue weighted by Crippen LogP contribution is 2.10. The summed E-state index contributed by atoms with van der Waals surface area (Å²) in [7, 11) is 0. The molecule has 0 aromatic carbocycles. The first-order chi connectivity index (χ1) is 7.38. The molecule has 1 N–H and O–H groups in total. The van der Waals surface area contributed by atoms with Crippen molar-refractivity contribution >= 4 is 16.7 Å². The van der Waals surface area contributed by atoms with E-state index in [-0.39, 0.29) is 0 Å². The van der Waals surface area contributed by atoms with Gasteiger partial charge in [0.15, 0.2) is 0 Å². The fourth-order valence-corrected chi connectivity index (χ4v) is 1.77. The number of anilines is 1. The van der Waals surface area contributed by atoms with E-state index in [4.69, 9.17) is 0 Å². The summed E-state index contributed by atoms with van der Waals surface area (Å²) in [6.07, 6.45) is 4.38. The molecule has 0 radical (unpaired) electrons. The minimum absolute atomic E-state index is 0.779. The van der Waals surface area contributed by atoms with Crippen LogP contribution in [0.2, 0.25) is 0 Å². The van der Waals surface area contributed by atoms with Crippen LogP contribution in [0.1, 0.15) is 12.7 Å². The summed E-state index contributed by atoms with van der Waals surface area (Å²) in [5.41, 5.74) is 0. The van der Waals surface area contributed by atoms with Crippen molar-refractivity contribution in [2.75, 3.05) is 11.9 Å². The second-order valence-electron chi connectivity index (χ2n) is 2.96. The summed E-state index contributed by atoms with van der Waals surface area (Å²) in [5.74, 6) is 0.892. The van der Waals surface area contributed by atoms with Crippen LogP contribution in [0.15, 0.2) is 12.4 Å². The van der Waals surface area contributed by atoms with Crippen molar-refractivity contribution in [3.63, 3.8) is 0 Å². The SMILES string of the molecule is CCc1nsc(NCCn2ccnn2)n1. The molecule has 80 valence electrons. The topological polar surface area (TPSA) is 68.5 Å². The van der Waals surface area contributed by atoms with Gasteiger partial charge in [-0.05, 0) is 0 Å². The van der Waals surface area contributed by atoms with Gasteiger partial charge in [0.2, 0.25) is 5.13 Å². The van der Waals surface area contributed by atoms with Gasteiger partial charge in [-0.3, -0.25) is 4.68 Å². The van der Waals surface area contributed by atoms with E-state index in [0.717, 1.165) is 30.5 Å². The van der Waals surface area contributed by atoms with Crippen LogP contribution in [-0.2, 0) is 13.0 Å². The third kappa shape index (κ3) is 2.72. The minimum Gasteiger partial charge on any atom is -0.358 e. The summed E-state index contributed by atoms with van der Waals surface area (Å²) >= 11 is 1.39. The van der Waals surface area contributed by atoms with Gasteiger partial charge >= 0.3 is 0 Å². The zero-order valence-electron chi connectivity index (χ0n) is 8.42. The van der Waals surface area contributed by atoms with Crippen molar-refractivity contribution in [3.8, 4) is 0 Å². The summed E-state index contributed by atoms with van der Waals surface area (Å²) in [4.78, 5) is 4.30. The third-order valence-corrected chi connectivity index (χ3v) is 2.58. The molecule has 2 rings (SSSR count). The lowest BCUT2D eigenvalue weighted by Crippen LogP contribution is -2.10. The molecule has 0 saturated carbocycles. The number of nitrogens with one attached hydrogen (secondary N) is 1. The molecule has 0 atom stereocenters. The predicted octanol–water partition coefficient (Wildman–Crippen LogP) is 0.804. The van der Waals surface area contributed by atoms with E-state index in [9.17, 15) is 0 Å². The molecule has 0 aliphatic rings. The van der Waals surface area contributed by atoms with Gasteiger partial charge in [0.25, 0.3) is 0 Å². The van der Waals surface area contributed by atoms with E-state index in [1.165, 1.54) is 11.5 Å². The van der Waals surface area contributed by atoms with Crippen LogP contribution in [0.5, 0.6) is 0 Å². The standard InChI is InChI=1S/C8H12N6S/c1-2-7-11-8(15-12-7)9-3-5-14-6-4-10-13-14/h4,6H,2-3,5H2,1H3,(H,9,11,12). The Kier molecular flexibility index (Phi) is 3.23. The first-order valence-electron chi connectivity index (χ1n) is 4.79. The van der Waals surface area contributed by atoms with E-state index >= 15 is 0 Å². The fraction of sp³-hybridized carbons (Fsp3) is 0.500. The van der Waals surface area contributed by atoms with Crippen molar-refractivity contribution in [1.29, 1.82) is 0 Å². The smallest absolute Gasteiger partial charge is 0.202 e. The molecule has 0 aliphatic heterocycles. The van der Waals surface area contributed by atoms with Crippen LogP contribution in [0.3, 0.4) is 0 Å². The molecule has 2 aromatic rings. The average molecular weight is 224 g/mol. The Morgan fingerprint density at radius 2 is 2.47 bits per heavy atom. The molecule has 0 unspecified atom stereocenters. The minimum atomic E-state index is 0.779. The Hall–Kier alpha value is -1.50. The van der Waals surface area contributed by atoms with Gasteiger partial charge in [-0.25, -0.2) is 4.98 Å². The molecule has 0 fully saturated rings. The summed E-state index contributed by atoms with van der Waals surface area (Å²) < 4.78 is 5.96. The molecule has 6 nitrogen and oxygen atoms in total. The largest absolute Gasteiger partial charge is 0.358 e. The van der Waals surface area contributed by atoms with Crippen molar-refractivity contribution in [1.82, 2.24) is 24.4 Å². The number of hydrogen-bond donors (Lipinski definition) is 1. The highest BCUT2D eigenvalue weighted by Gasteiger charge is 2.00. The first-order valence-corrected chi connectivity index (χ1v) is 5.56. The summed E-state index contributed by atoms with van der Waals surface area (Å²) in [5, 5.41) is 11.6. The summed E-state index contributed by atoms with van der Waals surface area (Å²) in [6.45, 7) is 3.60. The summed E-state index contributed by atoms with van der Waals surface area (Å²) in [6, 6.07) is 0. The lowest BCUT2D eigenvalue weighted by atomic mass is 10.5. The van der Waals surface area contributed by atoms with Crippen LogP contribution in [0.4, 0.5) is 5.13 Å². The molecular formula is C8H12N6S. The van der Waals surface area contributed by atoms with E-state index in [0.29, 0.717) is 0 Å². The number of nitrogens with zero attached hydrogens (tertiary/aromatic N) is 5. The van der Waals surface area contributed by atoms with Crippen LogP contribution >= 0.6 is 11.5 Å². The lowest BCUT2D eigenvalue weighted by Gasteiger charge is -2.00. The average Bonchev–Trinajstić information content (AvgIpc) is 2.88. The Balaban J connectivity index is 1.78. The predicted molar refractivity (Wildman–Crippen MR) is 57.8 cm³/mol. The van der Waals surface area contributed by atoms with Crippen molar-refractivity contribution in [2.45, 2.75) is 19.9 Å². The Morgan fingerprint density at radius 1 is 1.53 bits per heavy atom. The van der Waals surface area contributed by atoms with Crippen LogP contribution in [0.25, 0.3) is 0 Å². The number of hydrogen-bond acceptors (Lipinski definition) is 6. The number of aromatic nitrogens is 5. The third-order valence-electron chi connectivity index (χ3n) is 1.87. The van der Waals surface area contributed by atoms with E-state index in [1.807, 2.05) is 13.1 Å². The van der Waals surface area contributed by atoms with Gasteiger partial charge in [-0.1, -0.05) is 12.1 Å². The van der Waals surface area contributed by atoms with Crippen LogP contribution < -0.4 is 5.32 Å². The van der Waals surface area contributed by atoms with E-state index in [1.54, 1.807) is 10.9 Å². The highest BCUT2D eigenvalue weighted by molar-refractivity contribution is 7.09. The normalized spacial score (nSPS) is 10.5. The number of rotatable bonds is 5. The van der Waals surface area contributed by atoms with Crippen LogP contribution in [-0.4, -0.2) is 30.9 Å². The Bertz CT molecular complexity index is 395. The highest BCUT2D eigenvalue weighted by atomic mass is 32.1. The van der Waals surface area contributed by atoms with Crippen molar-refractivity contribution in [3.05, 3.63) is 18.2 Å². The molecule has 0 spiro atoms. The quantitative estimate of drug-likeness (QED) is 0.813. The first kappa shape index (κ1) is 10.0. The second kappa shape index (κ2) is 4.83. The van der Waals surface area contributed by atoms with Crippen molar-refractivity contribution < 1.29 is 0 Å². The van der Waals surface area contributed by atoms with Gasteiger partial charge in [0, 0.05) is 30.7 Å². The maximum atomic E-state index is 4.30. The van der Waals surface area contributed by atoms with Gasteiger partial charge < -0.3 is 5.32 Å². The van der Waals surface area contributed by atoms with Crippen molar-refractivity contribution in [2.24, 2.45) is 0 Å². The molecule has 2 heterocycles. The molecule has 0 saturated heterocycles. The van der Waals surface area contributed by atoms with Gasteiger partial charge in [0.1, 0.15) is 5.82 Å². The molecule has 2 aromatic heterocycles. The van der Waals surface area contributed by atoms with E-state index in [2.05, 4.69) is 25.0 Å². The monoisotopic (exact) mass is 224 g/mol. The maximum Gasteiger partial charge on any atom is 0.202 e. The lowest BCUT2D eigenvalue weighted by molar-refractivity contribution is 0.608. The molecule has 0 aliphatic carbocycles. The van der Waals surface area contributed by atoms with Gasteiger partial charge in [-0.2, -0.15) is 4.37 Å². The molecule has 0 bridgehead atoms. The molecular weight excluding hydrogens is 212 g/mol.